The van der Waals surface area contributed by atoms with Crippen molar-refractivity contribution in [3.05, 3.63) is 88.5 Å². The molecule has 0 aliphatic rings. The molecule has 6 nitrogen and oxygen atoms in total. The maximum atomic E-state index is 12.5. The number of nitrogens with one attached hydrogen (secondary N) is 1. The van der Waals surface area contributed by atoms with E-state index in [9.17, 15) is 4.79 Å². The van der Waals surface area contributed by atoms with E-state index in [0.29, 0.717) is 21.9 Å². The lowest BCUT2D eigenvalue weighted by atomic mass is 9.97. The number of thiophene rings is 1. The molecule has 0 bridgehead atoms. The van der Waals surface area contributed by atoms with Gasteiger partial charge in [-0.1, -0.05) is 78.5 Å². The molecule has 0 saturated carbocycles. The first-order valence-electron chi connectivity index (χ1n) is 10.3. The molecule has 5 aromatic rings. The topological polar surface area (TPSA) is 84.5 Å². The average Bonchev–Trinajstić information content (AvgIpc) is 3.41. The number of hydrogen-bond donors (Lipinski definition) is 1. The van der Waals surface area contributed by atoms with Crippen LogP contribution in [-0.2, 0) is 7.05 Å². The number of nitrogens with zero attached hydrogens (tertiary/aromatic N) is 4. The molecule has 0 fully saturated rings. The minimum absolute atomic E-state index is 0.0407. The highest BCUT2D eigenvalue weighted by molar-refractivity contribution is 7.99. The Morgan fingerprint density at radius 2 is 1.67 bits per heavy atom. The van der Waals surface area contributed by atoms with E-state index in [4.69, 9.17) is 10.4 Å². The van der Waals surface area contributed by atoms with Gasteiger partial charge >= 0.3 is 0 Å². The number of hydrogen-bond acceptors (Lipinski definition) is 7. The molecule has 0 amide bonds. The monoisotopic (exact) mass is 469 g/mol. The highest BCUT2D eigenvalue weighted by Gasteiger charge is 2.19. The van der Waals surface area contributed by atoms with E-state index in [2.05, 4.69) is 10.2 Å². The zero-order valence-electron chi connectivity index (χ0n) is 17.7. The van der Waals surface area contributed by atoms with Crippen LogP contribution in [0.3, 0.4) is 0 Å². The van der Waals surface area contributed by atoms with Crippen molar-refractivity contribution >= 4 is 39.9 Å². The molecule has 0 spiro atoms. The van der Waals surface area contributed by atoms with Gasteiger partial charge in [-0.2, -0.15) is 0 Å². The largest absolute Gasteiger partial charge is 0.308 e. The number of carbonyl (C=O) groups excluding carboxylic acids is 1. The molecule has 3 aromatic heterocycles. The molecule has 2 aromatic carbocycles. The summed E-state index contributed by atoms with van der Waals surface area (Å²) in [7, 11) is 1.80. The third-order valence-corrected chi connectivity index (χ3v) is 7.19. The number of thioether (sulfide) groups is 1. The lowest BCUT2D eigenvalue weighted by Gasteiger charge is -2.15. The second-order valence-electron chi connectivity index (χ2n) is 7.35. The fourth-order valence-corrected chi connectivity index (χ4v) is 5.22. The fourth-order valence-electron chi connectivity index (χ4n) is 3.61. The van der Waals surface area contributed by atoms with E-state index in [0.717, 1.165) is 21.6 Å². The van der Waals surface area contributed by atoms with Crippen molar-refractivity contribution in [1.82, 2.24) is 19.7 Å². The van der Waals surface area contributed by atoms with Gasteiger partial charge in [0.15, 0.2) is 16.6 Å². The predicted octanol–water partition coefficient (Wildman–Crippen LogP) is 5.21. The molecule has 0 unspecified atom stereocenters. The van der Waals surface area contributed by atoms with Crippen molar-refractivity contribution in [1.29, 1.82) is 5.41 Å². The van der Waals surface area contributed by atoms with Crippen LogP contribution < -0.4 is 5.49 Å². The maximum Gasteiger partial charge on any atom is 0.188 e. The predicted molar refractivity (Wildman–Crippen MR) is 132 cm³/mol. The van der Waals surface area contributed by atoms with Crippen LogP contribution in [-0.4, -0.2) is 31.3 Å². The Labute approximate surface area is 198 Å². The summed E-state index contributed by atoms with van der Waals surface area (Å²) in [6.07, 6.45) is 0. The van der Waals surface area contributed by atoms with Crippen molar-refractivity contribution < 1.29 is 4.79 Å². The van der Waals surface area contributed by atoms with E-state index in [1.54, 1.807) is 11.6 Å². The van der Waals surface area contributed by atoms with Crippen molar-refractivity contribution in [2.45, 2.75) is 5.16 Å². The van der Waals surface area contributed by atoms with Crippen molar-refractivity contribution in [2.24, 2.45) is 7.05 Å². The summed E-state index contributed by atoms with van der Waals surface area (Å²) in [4.78, 5) is 17.9. The van der Waals surface area contributed by atoms with Crippen LogP contribution in [0.5, 0.6) is 0 Å². The molecule has 8 heteroatoms. The fraction of sp³-hybridized carbons (Fsp3) is 0.0800. The van der Waals surface area contributed by atoms with Gasteiger partial charge in [0.05, 0.1) is 16.0 Å². The van der Waals surface area contributed by atoms with Gasteiger partial charge in [0.2, 0.25) is 0 Å². The second kappa shape index (κ2) is 9.09. The smallest absolute Gasteiger partial charge is 0.188 e. The summed E-state index contributed by atoms with van der Waals surface area (Å²) < 4.78 is 1.71. The summed E-state index contributed by atoms with van der Waals surface area (Å²) in [5.74, 6) is 0.284. The van der Waals surface area contributed by atoms with Crippen LogP contribution in [0.25, 0.3) is 33.4 Å². The summed E-state index contributed by atoms with van der Waals surface area (Å²) in [6, 6.07) is 23.4. The van der Waals surface area contributed by atoms with Gasteiger partial charge < -0.3 is 4.57 Å². The number of aromatic nitrogens is 4. The third kappa shape index (κ3) is 4.10. The number of fused-ring (bicyclic) bond motifs is 1. The maximum absolute atomic E-state index is 12.5. The molecule has 162 valence electrons. The average molecular weight is 470 g/mol. The van der Waals surface area contributed by atoms with E-state index >= 15 is 0 Å². The first kappa shape index (κ1) is 21.2. The normalized spacial score (nSPS) is 11.1. The molecule has 0 radical (unpaired) electrons. The molecule has 0 atom stereocenters. The van der Waals surface area contributed by atoms with Crippen LogP contribution in [0.4, 0.5) is 0 Å². The summed E-state index contributed by atoms with van der Waals surface area (Å²) in [5.41, 5.74) is 4.07. The summed E-state index contributed by atoms with van der Waals surface area (Å²) in [6.45, 7) is 0. The highest BCUT2D eigenvalue weighted by Crippen LogP contribution is 2.34. The minimum Gasteiger partial charge on any atom is -0.308 e. The van der Waals surface area contributed by atoms with Gasteiger partial charge in [-0.3, -0.25) is 10.2 Å². The first-order valence-corrected chi connectivity index (χ1v) is 12.1. The number of carbonyl (C=O) groups is 1. The molecule has 0 aliphatic heterocycles. The standard InChI is InChI=1S/C25H19N5OS2/c1-30-23(26)21-20(16-9-4-2-5-10-16)22(17-11-6-3-7-12-17)28-29-24(21)27-25(30)33-15-18(31)19-13-8-14-32-19/h2-14,26H,15H2,1H3. The van der Waals surface area contributed by atoms with Gasteiger partial charge in [0, 0.05) is 18.2 Å². The highest BCUT2D eigenvalue weighted by atomic mass is 32.2. The molecule has 3 heterocycles. The zero-order valence-corrected chi connectivity index (χ0v) is 19.4. The van der Waals surface area contributed by atoms with Gasteiger partial charge in [-0.15, -0.1) is 21.5 Å². The molecular weight excluding hydrogens is 450 g/mol. The van der Waals surface area contributed by atoms with Gasteiger partial charge in [-0.25, -0.2) is 4.98 Å². The Balaban J connectivity index is 1.66. The Bertz CT molecular complexity index is 1500. The van der Waals surface area contributed by atoms with E-state index in [1.165, 1.54) is 23.1 Å². The first-order chi connectivity index (χ1) is 16.1. The van der Waals surface area contributed by atoms with E-state index in [-0.39, 0.29) is 17.0 Å². The van der Waals surface area contributed by atoms with Gasteiger partial charge in [0.25, 0.3) is 0 Å². The third-order valence-electron chi connectivity index (χ3n) is 5.25. The van der Waals surface area contributed by atoms with Crippen LogP contribution in [0.1, 0.15) is 9.67 Å². The Morgan fingerprint density at radius 1 is 0.970 bits per heavy atom. The Kier molecular flexibility index (Phi) is 5.85. The van der Waals surface area contributed by atoms with Crippen LogP contribution in [0.2, 0.25) is 0 Å². The van der Waals surface area contributed by atoms with E-state index in [1.807, 2.05) is 78.2 Å². The Morgan fingerprint density at radius 3 is 2.33 bits per heavy atom. The lowest BCUT2D eigenvalue weighted by molar-refractivity contribution is 0.102. The SMILES string of the molecule is Cn1c(SCC(=O)c2cccs2)nc2nnc(-c3ccccc3)c(-c3ccccc3)c2c1=N. The quantitative estimate of drug-likeness (QED) is 0.210. The molecule has 33 heavy (non-hydrogen) atoms. The molecule has 5 rings (SSSR count). The van der Waals surface area contributed by atoms with Crippen LogP contribution in [0, 0.1) is 5.41 Å². The van der Waals surface area contributed by atoms with Crippen LogP contribution >= 0.6 is 23.1 Å². The Hall–Kier alpha value is -3.62. The second-order valence-corrected chi connectivity index (χ2v) is 9.24. The number of benzene rings is 2. The van der Waals surface area contributed by atoms with Crippen molar-refractivity contribution in [3.8, 4) is 22.4 Å². The summed E-state index contributed by atoms with van der Waals surface area (Å²) in [5, 5.41) is 20.9. The van der Waals surface area contributed by atoms with Gasteiger partial charge in [0.1, 0.15) is 11.2 Å². The van der Waals surface area contributed by atoms with Gasteiger partial charge in [-0.05, 0) is 17.0 Å². The van der Waals surface area contributed by atoms with Crippen LogP contribution in [0.15, 0.2) is 83.3 Å². The molecule has 0 saturated heterocycles. The number of ketones is 1. The number of Topliss-reactive ketones (excluding diaryl/α,β-unsaturated/α-hetero) is 1. The minimum atomic E-state index is 0.0407. The lowest BCUT2D eigenvalue weighted by Crippen LogP contribution is -2.22. The molecular formula is C25H19N5OS2. The molecule has 0 aliphatic carbocycles. The summed E-state index contributed by atoms with van der Waals surface area (Å²) >= 11 is 2.73. The van der Waals surface area contributed by atoms with E-state index < -0.39 is 0 Å². The number of rotatable bonds is 6. The molecule has 1 N–H and O–H groups in total. The van der Waals surface area contributed by atoms with Crippen molar-refractivity contribution in [2.75, 3.05) is 5.75 Å². The van der Waals surface area contributed by atoms with Crippen molar-refractivity contribution in [3.63, 3.8) is 0 Å². The zero-order chi connectivity index (χ0) is 22.8.